The number of rotatable bonds is 6. The van der Waals surface area contributed by atoms with E-state index in [4.69, 9.17) is 0 Å². The van der Waals surface area contributed by atoms with Crippen molar-refractivity contribution in [2.75, 3.05) is 18.5 Å². The third-order valence-corrected chi connectivity index (χ3v) is 5.11. The van der Waals surface area contributed by atoms with Gasteiger partial charge in [0, 0.05) is 36.3 Å². The Bertz CT molecular complexity index is 450. The van der Waals surface area contributed by atoms with Crippen molar-refractivity contribution in [3.05, 3.63) is 28.2 Å². The fourth-order valence-electron chi connectivity index (χ4n) is 3.29. The zero-order valence-corrected chi connectivity index (χ0v) is 14.0. The van der Waals surface area contributed by atoms with Gasteiger partial charge < -0.3 is 10.2 Å². The summed E-state index contributed by atoms with van der Waals surface area (Å²) in [6.07, 6.45) is 8.37. The number of hydrogen-bond donors (Lipinski definition) is 1. The van der Waals surface area contributed by atoms with Crippen molar-refractivity contribution in [3.63, 3.8) is 0 Å². The molecule has 0 heterocycles. The van der Waals surface area contributed by atoms with Crippen molar-refractivity contribution in [3.8, 4) is 0 Å². The number of nitrogens with zero attached hydrogens (tertiary/aromatic N) is 1. The Morgan fingerprint density at radius 1 is 1.20 bits per heavy atom. The molecule has 2 saturated carbocycles. The second-order valence-electron chi connectivity index (χ2n) is 6.46. The van der Waals surface area contributed by atoms with E-state index in [2.05, 4.69) is 51.4 Å². The molecule has 0 spiro atoms. The van der Waals surface area contributed by atoms with E-state index < -0.39 is 0 Å². The van der Waals surface area contributed by atoms with E-state index in [9.17, 15) is 0 Å². The van der Waals surface area contributed by atoms with Gasteiger partial charge in [0.15, 0.2) is 0 Å². The first-order chi connectivity index (χ1) is 9.72. The van der Waals surface area contributed by atoms with Crippen LogP contribution in [0.2, 0.25) is 0 Å². The largest absolute Gasteiger partial charge is 0.374 e. The average molecular weight is 337 g/mol. The summed E-state index contributed by atoms with van der Waals surface area (Å²) in [5.41, 5.74) is 2.82. The van der Waals surface area contributed by atoms with E-state index >= 15 is 0 Å². The van der Waals surface area contributed by atoms with Crippen LogP contribution in [-0.4, -0.2) is 19.6 Å². The summed E-state index contributed by atoms with van der Waals surface area (Å²) in [6, 6.07) is 7.47. The summed E-state index contributed by atoms with van der Waals surface area (Å²) in [7, 11) is 2.25. The van der Waals surface area contributed by atoms with E-state index in [0.29, 0.717) is 0 Å². The predicted molar refractivity (Wildman–Crippen MR) is 89.2 cm³/mol. The fourth-order valence-corrected chi connectivity index (χ4v) is 3.70. The predicted octanol–water partition coefficient (Wildman–Crippen LogP) is 4.33. The lowest BCUT2D eigenvalue weighted by molar-refractivity contribution is 0.545. The highest BCUT2D eigenvalue weighted by atomic mass is 79.9. The summed E-state index contributed by atoms with van der Waals surface area (Å²) in [4.78, 5) is 2.46. The van der Waals surface area contributed by atoms with Gasteiger partial charge in [0.25, 0.3) is 0 Å². The molecule has 20 heavy (non-hydrogen) atoms. The zero-order valence-electron chi connectivity index (χ0n) is 12.4. The lowest BCUT2D eigenvalue weighted by Gasteiger charge is -2.26. The molecule has 2 aliphatic carbocycles. The Kier molecular flexibility index (Phi) is 4.67. The van der Waals surface area contributed by atoms with Gasteiger partial charge in [-0.3, -0.25) is 0 Å². The number of nitrogens with one attached hydrogen (secondary N) is 1. The van der Waals surface area contributed by atoms with Gasteiger partial charge in [-0.25, -0.2) is 0 Å². The third-order valence-electron chi connectivity index (χ3n) is 4.62. The highest BCUT2D eigenvalue weighted by Gasteiger charge is 2.22. The van der Waals surface area contributed by atoms with Crippen LogP contribution in [-0.2, 0) is 6.54 Å². The van der Waals surface area contributed by atoms with Crippen molar-refractivity contribution in [2.45, 2.75) is 51.1 Å². The molecule has 3 heteroatoms. The van der Waals surface area contributed by atoms with E-state index in [1.54, 1.807) is 0 Å². The Hall–Kier alpha value is -0.540. The molecule has 0 unspecified atom stereocenters. The van der Waals surface area contributed by atoms with Crippen LogP contribution >= 0.6 is 15.9 Å². The molecule has 1 aromatic carbocycles. The molecule has 0 aromatic heterocycles. The highest BCUT2D eigenvalue weighted by molar-refractivity contribution is 9.10. The molecule has 2 nitrogen and oxygen atoms in total. The van der Waals surface area contributed by atoms with Crippen molar-refractivity contribution in [1.82, 2.24) is 5.32 Å². The first-order valence-corrected chi connectivity index (χ1v) is 8.74. The Morgan fingerprint density at radius 3 is 2.65 bits per heavy atom. The topological polar surface area (TPSA) is 15.3 Å². The Labute approximate surface area is 131 Å². The zero-order chi connectivity index (χ0) is 13.9. The maximum atomic E-state index is 3.64. The van der Waals surface area contributed by atoms with Gasteiger partial charge in [0.05, 0.1) is 0 Å². The molecule has 1 N–H and O–H groups in total. The number of benzene rings is 1. The summed E-state index contributed by atoms with van der Waals surface area (Å²) in [6.45, 7) is 2.20. The van der Waals surface area contributed by atoms with Crippen LogP contribution in [0.5, 0.6) is 0 Å². The van der Waals surface area contributed by atoms with Crippen molar-refractivity contribution >= 4 is 21.6 Å². The minimum atomic E-state index is 0.766. The molecular formula is C17H25BrN2. The van der Waals surface area contributed by atoms with Crippen LogP contribution in [0.3, 0.4) is 0 Å². The Morgan fingerprint density at radius 2 is 1.95 bits per heavy atom. The first-order valence-electron chi connectivity index (χ1n) is 7.95. The van der Waals surface area contributed by atoms with Crippen molar-refractivity contribution < 1.29 is 0 Å². The molecule has 0 aliphatic heterocycles. The molecule has 0 bridgehead atoms. The third kappa shape index (κ3) is 3.76. The van der Waals surface area contributed by atoms with Gasteiger partial charge in [-0.15, -0.1) is 0 Å². The lowest BCUT2D eigenvalue weighted by Crippen LogP contribution is -2.26. The van der Waals surface area contributed by atoms with Crippen LogP contribution < -0.4 is 10.2 Å². The molecule has 0 radical (unpaired) electrons. The molecule has 0 saturated heterocycles. The second-order valence-corrected chi connectivity index (χ2v) is 7.37. The second kappa shape index (κ2) is 6.48. The van der Waals surface area contributed by atoms with Crippen LogP contribution in [0.1, 0.15) is 44.1 Å². The minimum absolute atomic E-state index is 0.766. The SMILES string of the molecule is CN(CC1CCCC1)c1ccc(Br)cc1CNC1CC1. The van der Waals surface area contributed by atoms with Gasteiger partial charge in [-0.1, -0.05) is 28.8 Å². The fraction of sp³-hybridized carbons (Fsp3) is 0.647. The number of halogens is 1. The van der Waals surface area contributed by atoms with E-state index in [-0.39, 0.29) is 0 Å². The molecular weight excluding hydrogens is 312 g/mol. The maximum Gasteiger partial charge on any atom is 0.0410 e. The average Bonchev–Trinajstić information content (AvgIpc) is 3.13. The lowest BCUT2D eigenvalue weighted by atomic mass is 10.1. The van der Waals surface area contributed by atoms with Crippen molar-refractivity contribution in [2.24, 2.45) is 5.92 Å². The van der Waals surface area contributed by atoms with E-state index in [1.807, 2.05) is 0 Å². The van der Waals surface area contributed by atoms with Crippen molar-refractivity contribution in [1.29, 1.82) is 0 Å². The smallest absolute Gasteiger partial charge is 0.0410 e. The van der Waals surface area contributed by atoms with Gasteiger partial charge in [-0.2, -0.15) is 0 Å². The molecule has 110 valence electrons. The molecule has 2 fully saturated rings. The van der Waals surface area contributed by atoms with E-state index in [0.717, 1.165) is 18.5 Å². The van der Waals surface area contributed by atoms with Gasteiger partial charge in [0.2, 0.25) is 0 Å². The monoisotopic (exact) mass is 336 g/mol. The molecule has 3 rings (SSSR count). The Balaban J connectivity index is 1.68. The molecule has 0 amide bonds. The summed E-state index contributed by atoms with van der Waals surface area (Å²) >= 11 is 3.61. The highest BCUT2D eigenvalue weighted by Crippen LogP contribution is 2.30. The van der Waals surface area contributed by atoms with Crippen LogP contribution in [0.25, 0.3) is 0 Å². The number of hydrogen-bond acceptors (Lipinski definition) is 2. The van der Waals surface area contributed by atoms with E-state index in [1.165, 1.54) is 60.8 Å². The van der Waals surface area contributed by atoms with Gasteiger partial charge >= 0.3 is 0 Å². The van der Waals surface area contributed by atoms with Crippen LogP contribution in [0.15, 0.2) is 22.7 Å². The molecule has 0 atom stereocenters. The normalized spacial score (nSPS) is 19.5. The standard InChI is InChI=1S/C17H25BrN2/c1-20(12-13-4-2-3-5-13)17-9-6-15(18)10-14(17)11-19-16-7-8-16/h6,9-10,13,16,19H,2-5,7-8,11-12H2,1H3. The molecule has 2 aliphatic rings. The maximum absolute atomic E-state index is 3.64. The summed E-state index contributed by atoms with van der Waals surface area (Å²) in [5.74, 6) is 0.896. The minimum Gasteiger partial charge on any atom is -0.374 e. The van der Waals surface area contributed by atoms with Crippen LogP contribution in [0.4, 0.5) is 5.69 Å². The molecule has 1 aromatic rings. The number of anilines is 1. The summed E-state index contributed by atoms with van der Waals surface area (Å²) in [5, 5.41) is 3.64. The first kappa shape index (κ1) is 14.4. The van der Waals surface area contributed by atoms with Gasteiger partial charge in [0.1, 0.15) is 0 Å². The van der Waals surface area contributed by atoms with Crippen LogP contribution in [0, 0.1) is 5.92 Å². The quantitative estimate of drug-likeness (QED) is 0.831. The van der Waals surface area contributed by atoms with Gasteiger partial charge in [-0.05, 0) is 55.4 Å². The summed E-state index contributed by atoms with van der Waals surface area (Å²) < 4.78 is 1.18.